The van der Waals surface area contributed by atoms with Crippen molar-refractivity contribution in [1.82, 2.24) is 0 Å². The zero-order valence-corrected chi connectivity index (χ0v) is 8.79. The van der Waals surface area contributed by atoms with Crippen LogP contribution in [0.15, 0.2) is 18.2 Å². The van der Waals surface area contributed by atoms with Crippen LogP contribution >= 0.6 is 0 Å². The van der Waals surface area contributed by atoms with E-state index >= 15 is 0 Å². The van der Waals surface area contributed by atoms with Gasteiger partial charge >= 0.3 is 0 Å². The second-order valence-electron chi connectivity index (χ2n) is 4.19. The van der Waals surface area contributed by atoms with Crippen molar-refractivity contribution >= 4 is 0 Å². The molecule has 0 bridgehead atoms. The Morgan fingerprint density at radius 2 is 2.29 bits per heavy atom. The Labute approximate surface area is 85.1 Å². The minimum Gasteiger partial charge on any atom is -0.493 e. The van der Waals surface area contributed by atoms with Crippen molar-refractivity contribution in [2.24, 2.45) is 11.7 Å². The lowest BCUT2D eigenvalue weighted by atomic mass is 9.89. The number of nitrogens with two attached hydrogens (primary N) is 1. The first kappa shape index (κ1) is 9.53. The molecule has 0 amide bonds. The Hall–Kier alpha value is -1.02. The molecule has 0 fully saturated rings. The van der Waals surface area contributed by atoms with Crippen LogP contribution in [-0.4, -0.2) is 12.6 Å². The second-order valence-corrected chi connectivity index (χ2v) is 4.19. The minimum atomic E-state index is 0.211. The molecular formula is C12H17NO. The van der Waals surface area contributed by atoms with Crippen molar-refractivity contribution in [1.29, 1.82) is 0 Å². The first-order valence-corrected chi connectivity index (χ1v) is 5.15. The van der Waals surface area contributed by atoms with Crippen LogP contribution in [0, 0.1) is 12.8 Å². The molecule has 1 heterocycles. The zero-order valence-electron chi connectivity index (χ0n) is 8.79. The summed E-state index contributed by atoms with van der Waals surface area (Å²) in [6, 6.07) is 6.43. The summed E-state index contributed by atoms with van der Waals surface area (Å²) in [5, 5.41) is 0. The van der Waals surface area contributed by atoms with E-state index in [1.807, 2.05) is 12.1 Å². The highest BCUT2D eigenvalue weighted by Gasteiger charge is 2.23. The highest BCUT2D eigenvalue weighted by molar-refractivity contribution is 5.41. The fourth-order valence-corrected chi connectivity index (χ4v) is 1.93. The molecule has 76 valence electrons. The van der Waals surface area contributed by atoms with Crippen molar-refractivity contribution in [3.63, 3.8) is 0 Å². The van der Waals surface area contributed by atoms with Gasteiger partial charge in [0.25, 0.3) is 0 Å². The lowest BCUT2D eigenvalue weighted by Gasteiger charge is -2.28. The largest absolute Gasteiger partial charge is 0.493 e. The number of hydrogen-bond acceptors (Lipinski definition) is 2. The number of ether oxygens (including phenoxy) is 1. The maximum Gasteiger partial charge on any atom is 0.122 e. The Morgan fingerprint density at radius 3 is 3.00 bits per heavy atom. The highest BCUT2D eigenvalue weighted by atomic mass is 16.5. The molecule has 14 heavy (non-hydrogen) atoms. The van der Waals surface area contributed by atoms with Gasteiger partial charge in [-0.1, -0.05) is 12.1 Å². The summed E-state index contributed by atoms with van der Waals surface area (Å²) < 4.78 is 5.70. The minimum absolute atomic E-state index is 0.211. The Balaban J connectivity index is 2.29. The van der Waals surface area contributed by atoms with E-state index < -0.39 is 0 Å². The number of fused-ring (bicyclic) bond motifs is 1. The molecular weight excluding hydrogens is 174 g/mol. The maximum atomic E-state index is 5.89. The van der Waals surface area contributed by atoms with Crippen LogP contribution in [-0.2, 0) is 6.42 Å². The van der Waals surface area contributed by atoms with Gasteiger partial charge in [-0.15, -0.1) is 0 Å². The molecule has 2 nitrogen and oxygen atoms in total. The van der Waals surface area contributed by atoms with Gasteiger partial charge in [-0.3, -0.25) is 0 Å². The van der Waals surface area contributed by atoms with Gasteiger partial charge in [0.05, 0.1) is 6.61 Å². The molecule has 0 saturated heterocycles. The van der Waals surface area contributed by atoms with Gasteiger partial charge in [-0.05, 0) is 37.5 Å². The van der Waals surface area contributed by atoms with E-state index in [2.05, 4.69) is 19.9 Å². The SMILES string of the molecule is Cc1cccc2c1CC([C@H](C)N)CO2. The summed E-state index contributed by atoms with van der Waals surface area (Å²) in [4.78, 5) is 0. The third-order valence-electron chi connectivity index (χ3n) is 3.03. The number of benzene rings is 1. The van der Waals surface area contributed by atoms with Gasteiger partial charge in [-0.2, -0.15) is 0 Å². The van der Waals surface area contributed by atoms with Crippen molar-refractivity contribution in [3.8, 4) is 5.75 Å². The van der Waals surface area contributed by atoms with Gasteiger partial charge in [-0.25, -0.2) is 0 Å². The monoisotopic (exact) mass is 191 g/mol. The number of hydrogen-bond donors (Lipinski definition) is 1. The smallest absolute Gasteiger partial charge is 0.122 e. The Morgan fingerprint density at radius 1 is 1.50 bits per heavy atom. The van der Waals surface area contributed by atoms with Crippen LogP contribution in [0.25, 0.3) is 0 Å². The fourth-order valence-electron chi connectivity index (χ4n) is 1.93. The predicted octanol–water partition coefficient (Wildman–Crippen LogP) is 1.89. The molecule has 1 aliphatic heterocycles. The standard InChI is InChI=1S/C12H17NO/c1-8-4-3-5-12-11(8)6-10(7-14-12)9(2)13/h3-5,9-10H,6-7,13H2,1-2H3/t9-,10?/m0/s1. The average Bonchev–Trinajstić information content (AvgIpc) is 2.18. The molecule has 0 aromatic heterocycles. The first-order chi connectivity index (χ1) is 6.68. The van der Waals surface area contributed by atoms with Crippen molar-refractivity contribution in [2.75, 3.05) is 6.61 Å². The van der Waals surface area contributed by atoms with Crippen molar-refractivity contribution in [3.05, 3.63) is 29.3 Å². The van der Waals surface area contributed by atoms with E-state index in [0.29, 0.717) is 5.92 Å². The molecule has 2 N–H and O–H groups in total. The molecule has 0 aliphatic carbocycles. The summed E-state index contributed by atoms with van der Waals surface area (Å²) in [6.45, 7) is 4.94. The van der Waals surface area contributed by atoms with E-state index in [1.165, 1.54) is 11.1 Å². The predicted molar refractivity (Wildman–Crippen MR) is 57.5 cm³/mol. The van der Waals surface area contributed by atoms with Gasteiger partial charge in [0.1, 0.15) is 5.75 Å². The number of aryl methyl sites for hydroxylation is 1. The van der Waals surface area contributed by atoms with E-state index in [4.69, 9.17) is 10.5 Å². The average molecular weight is 191 g/mol. The summed E-state index contributed by atoms with van der Waals surface area (Å²) in [5.41, 5.74) is 8.54. The van der Waals surface area contributed by atoms with Gasteiger partial charge in [0, 0.05) is 12.0 Å². The van der Waals surface area contributed by atoms with E-state index in [1.54, 1.807) is 0 Å². The lowest BCUT2D eigenvalue weighted by molar-refractivity contribution is 0.204. The number of rotatable bonds is 1. The Bertz CT molecular complexity index is 333. The van der Waals surface area contributed by atoms with Gasteiger partial charge in [0.2, 0.25) is 0 Å². The van der Waals surface area contributed by atoms with E-state index in [-0.39, 0.29) is 6.04 Å². The fraction of sp³-hybridized carbons (Fsp3) is 0.500. The van der Waals surface area contributed by atoms with Crippen LogP contribution in [0.5, 0.6) is 5.75 Å². The summed E-state index contributed by atoms with van der Waals surface area (Å²) >= 11 is 0. The van der Waals surface area contributed by atoms with Crippen LogP contribution in [0.3, 0.4) is 0 Å². The molecule has 1 aromatic carbocycles. The third kappa shape index (κ3) is 1.62. The summed E-state index contributed by atoms with van der Waals surface area (Å²) in [7, 11) is 0. The highest BCUT2D eigenvalue weighted by Crippen LogP contribution is 2.30. The van der Waals surface area contributed by atoms with Crippen molar-refractivity contribution in [2.45, 2.75) is 26.3 Å². The van der Waals surface area contributed by atoms with Crippen LogP contribution in [0.4, 0.5) is 0 Å². The van der Waals surface area contributed by atoms with Gasteiger partial charge in [0.15, 0.2) is 0 Å². The topological polar surface area (TPSA) is 35.2 Å². The summed E-state index contributed by atoms with van der Waals surface area (Å²) in [6.07, 6.45) is 1.06. The molecule has 0 saturated carbocycles. The first-order valence-electron chi connectivity index (χ1n) is 5.15. The van der Waals surface area contributed by atoms with Crippen molar-refractivity contribution < 1.29 is 4.74 Å². The normalized spacial score (nSPS) is 22.4. The molecule has 1 aromatic rings. The Kier molecular flexibility index (Phi) is 2.46. The molecule has 1 aliphatic rings. The zero-order chi connectivity index (χ0) is 10.1. The van der Waals surface area contributed by atoms with E-state index in [9.17, 15) is 0 Å². The second kappa shape index (κ2) is 3.62. The maximum absolute atomic E-state index is 5.89. The molecule has 0 spiro atoms. The lowest BCUT2D eigenvalue weighted by Crippen LogP contribution is -2.35. The molecule has 1 unspecified atom stereocenters. The molecule has 0 radical (unpaired) electrons. The van der Waals surface area contributed by atoms with E-state index in [0.717, 1.165) is 18.8 Å². The van der Waals surface area contributed by atoms with Gasteiger partial charge < -0.3 is 10.5 Å². The quantitative estimate of drug-likeness (QED) is 0.735. The van der Waals surface area contributed by atoms with Crippen LogP contribution < -0.4 is 10.5 Å². The summed E-state index contributed by atoms with van der Waals surface area (Å²) in [5.74, 6) is 1.51. The third-order valence-corrected chi connectivity index (χ3v) is 3.03. The molecule has 2 heteroatoms. The van der Waals surface area contributed by atoms with Crippen LogP contribution in [0.1, 0.15) is 18.1 Å². The van der Waals surface area contributed by atoms with Crippen LogP contribution in [0.2, 0.25) is 0 Å². The molecule has 2 atom stereocenters. The molecule has 2 rings (SSSR count).